The summed E-state index contributed by atoms with van der Waals surface area (Å²) in [4.78, 5) is 21.1. The van der Waals surface area contributed by atoms with Crippen molar-refractivity contribution >= 4 is 63.0 Å². The van der Waals surface area contributed by atoms with Crippen molar-refractivity contribution < 1.29 is 4.79 Å². The molecular weight excluding hydrogens is 479 g/mol. The van der Waals surface area contributed by atoms with Gasteiger partial charge in [0.1, 0.15) is 5.04 Å². The first-order valence-corrected chi connectivity index (χ1v) is 11.5. The summed E-state index contributed by atoms with van der Waals surface area (Å²) >= 11 is 13.8. The Morgan fingerprint density at radius 1 is 1.15 bits per heavy atom. The second kappa shape index (κ2) is 8.30. The van der Waals surface area contributed by atoms with E-state index < -0.39 is 5.91 Å². The molecule has 5 rings (SSSR count). The van der Waals surface area contributed by atoms with Crippen LogP contribution in [-0.4, -0.2) is 36.5 Å². The van der Waals surface area contributed by atoms with Gasteiger partial charge < -0.3 is 4.57 Å². The van der Waals surface area contributed by atoms with Crippen LogP contribution in [0.3, 0.4) is 0 Å². The third-order valence-electron chi connectivity index (χ3n) is 5.28. The summed E-state index contributed by atoms with van der Waals surface area (Å²) in [6.45, 7) is 3.87. The molecule has 0 atom stereocenters. The number of thioether (sulfide) groups is 1. The number of nitrogens with one attached hydrogen (secondary N) is 1. The summed E-state index contributed by atoms with van der Waals surface area (Å²) in [7, 11) is 0. The van der Waals surface area contributed by atoms with Gasteiger partial charge >= 0.3 is 0 Å². The maximum Gasteiger partial charge on any atom is 0.283 e. The largest absolute Gasteiger partial charge is 0.316 e. The Kier molecular flexibility index (Phi) is 5.44. The maximum atomic E-state index is 12.8. The van der Waals surface area contributed by atoms with Gasteiger partial charge in [0.25, 0.3) is 5.91 Å². The molecule has 0 saturated heterocycles. The van der Waals surface area contributed by atoms with Crippen molar-refractivity contribution in [2.45, 2.75) is 13.8 Å². The lowest BCUT2D eigenvalue weighted by molar-refractivity contribution is -0.114. The van der Waals surface area contributed by atoms with E-state index in [0.29, 0.717) is 20.3 Å². The van der Waals surface area contributed by atoms with Gasteiger partial charge in [-0.05, 0) is 73.6 Å². The number of aryl methyl sites for hydroxylation is 1. The zero-order valence-corrected chi connectivity index (χ0v) is 19.8. The summed E-state index contributed by atoms with van der Waals surface area (Å²) in [5, 5.41) is 16.6. The van der Waals surface area contributed by atoms with Crippen LogP contribution in [0, 0.1) is 19.3 Å². The Hall–Kier alpha value is -3.20. The average molecular weight is 495 g/mol. The summed E-state index contributed by atoms with van der Waals surface area (Å²) in [6.07, 6.45) is 5.03. The lowest BCUT2D eigenvalue weighted by atomic mass is 10.1. The van der Waals surface area contributed by atoms with E-state index in [0.717, 1.165) is 28.2 Å². The number of nitrogens with zero attached hydrogens (tertiary/aromatic N) is 5. The minimum absolute atomic E-state index is 0.0259. The molecule has 1 amide bonds. The smallest absolute Gasteiger partial charge is 0.283 e. The van der Waals surface area contributed by atoms with E-state index in [1.807, 2.05) is 30.5 Å². The highest BCUT2D eigenvalue weighted by atomic mass is 35.5. The van der Waals surface area contributed by atoms with Crippen molar-refractivity contribution in [1.29, 1.82) is 5.41 Å². The average Bonchev–Trinajstić information content (AvgIpc) is 3.34. The Labute approximate surface area is 203 Å². The second-order valence-electron chi connectivity index (χ2n) is 7.42. The third-order valence-corrected chi connectivity index (χ3v) is 6.79. The number of aliphatic imine (C=N–C) groups is 1. The number of amidine groups is 2. The van der Waals surface area contributed by atoms with E-state index in [4.69, 9.17) is 28.6 Å². The molecule has 2 aromatic heterocycles. The number of hydrogen-bond acceptors (Lipinski definition) is 5. The highest BCUT2D eigenvalue weighted by molar-refractivity contribution is 8.27. The topological polar surface area (TPSA) is 86.7 Å². The van der Waals surface area contributed by atoms with Gasteiger partial charge in [-0.3, -0.25) is 15.2 Å². The van der Waals surface area contributed by atoms with Crippen LogP contribution in [-0.2, 0) is 4.79 Å². The molecule has 1 N–H and O–H groups in total. The number of rotatable bonds is 3. The number of aromatic nitrogens is 2. The fourth-order valence-corrected chi connectivity index (χ4v) is 4.96. The highest BCUT2D eigenvalue weighted by Gasteiger charge is 2.36. The van der Waals surface area contributed by atoms with E-state index in [1.165, 1.54) is 16.8 Å². The predicted molar refractivity (Wildman–Crippen MR) is 134 cm³/mol. The molecule has 7 nitrogen and oxygen atoms in total. The molecule has 10 heteroatoms. The van der Waals surface area contributed by atoms with Crippen LogP contribution in [0.4, 0.5) is 0 Å². The van der Waals surface area contributed by atoms with Gasteiger partial charge in [-0.1, -0.05) is 23.2 Å². The lowest BCUT2D eigenvalue weighted by Gasteiger charge is -2.20. The van der Waals surface area contributed by atoms with Crippen molar-refractivity contribution in [3.63, 3.8) is 0 Å². The van der Waals surface area contributed by atoms with Gasteiger partial charge in [-0.2, -0.15) is 15.1 Å². The van der Waals surface area contributed by atoms with Crippen molar-refractivity contribution in [2.24, 2.45) is 10.1 Å². The normalized spacial score (nSPS) is 16.8. The molecule has 0 unspecified atom stereocenters. The van der Waals surface area contributed by atoms with Gasteiger partial charge in [0, 0.05) is 34.4 Å². The third kappa shape index (κ3) is 3.80. The van der Waals surface area contributed by atoms with E-state index in [1.54, 1.807) is 42.7 Å². The summed E-state index contributed by atoms with van der Waals surface area (Å²) in [5.74, 6) is -0.506. The zero-order valence-electron chi connectivity index (χ0n) is 17.5. The molecule has 4 heterocycles. The lowest BCUT2D eigenvalue weighted by Crippen LogP contribution is -2.35. The van der Waals surface area contributed by atoms with Crippen LogP contribution in [0.1, 0.15) is 22.5 Å². The number of fused-ring (bicyclic) bond motifs is 1. The number of carbonyl (C=O) groups excluding carboxylic acids is 1. The van der Waals surface area contributed by atoms with Gasteiger partial charge in [-0.15, -0.1) is 0 Å². The fraction of sp³-hybridized carbons (Fsp3) is 0.0870. The first-order chi connectivity index (χ1) is 15.8. The maximum absolute atomic E-state index is 12.8. The molecule has 0 aliphatic carbocycles. The number of halogens is 2. The van der Waals surface area contributed by atoms with Crippen LogP contribution in [0.2, 0.25) is 10.0 Å². The SMILES string of the molecule is Cc1cc(/C=C2\C(=N)N3N=C(c4cccnc4)SC3=NC2=O)c(C)n1-c1cc(Cl)ccc1Cl. The first kappa shape index (κ1) is 21.6. The molecule has 0 spiro atoms. The molecule has 0 radical (unpaired) electrons. The van der Waals surface area contributed by atoms with Crippen LogP contribution in [0.25, 0.3) is 11.8 Å². The van der Waals surface area contributed by atoms with Gasteiger partial charge in [0.2, 0.25) is 5.17 Å². The van der Waals surface area contributed by atoms with Crippen LogP contribution < -0.4 is 0 Å². The van der Waals surface area contributed by atoms with Crippen LogP contribution >= 0.6 is 35.0 Å². The molecule has 3 aromatic rings. The second-order valence-corrected chi connectivity index (χ2v) is 9.22. The molecule has 33 heavy (non-hydrogen) atoms. The van der Waals surface area contributed by atoms with E-state index in [9.17, 15) is 4.79 Å². The summed E-state index contributed by atoms with van der Waals surface area (Å²) < 4.78 is 1.97. The quantitative estimate of drug-likeness (QED) is 0.489. The Bertz CT molecular complexity index is 1420. The first-order valence-electron chi connectivity index (χ1n) is 9.88. The van der Waals surface area contributed by atoms with Gasteiger partial charge in [0.05, 0.1) is 16.3 Å². The standard InChI is InChI=1S/C23H16Cl2N6OS/c1-12-8-15(13(2)30(12)19-10-16(24)5-6-18(19)25)9-17-20(26)31-23(28-21(17)32)33-22(29-31)14-4-3-7-27-11-14/h3-11,26H,1-2H3/b17-9+,26-20?. The molecule has 1 aromatic carbocycles. The number of carbonyl (C=O) groups is 1. The van der Waals surface area contributed by atoms with Gasteiger partial charge in [0.15, 0.2) is 5.84 Å². The van der Waals surface area contributed by atoms with E-state index >= 15 is 0 Å². The molecule has 0 fully saturated rings. The van der Waals surface area contributed by atoms with Crippen molar-refractivity contribution in [1.82, 2.24) is 14.6 Å². The van der Waals surface area contributed by atoms with Crippen molar-refractivity contribution in [2.75, 3.05) is 0 Å². The fourth-order valence-electron chi connectivity index (χ4n) is 3.72. The minimum Gasteiger partial charge on any atom is -0.316 e. The van der Waals surface area contributed by atoms with E-state index in [-0.39, 0.29) is 11.4 Å². The highest BCUT2D eigenvalue weighted by Crippen LogP contribution is 2.33. The van der Waals surface area contributed by atoms with Crippen LogP contribution in [0.5, 0.6) is 0 Å². The van der Waals surface area contributed by atoms with E-state index in [2.05, 4.69) is 15.1 Å². The molecule has 2 aliphatic heterocycles. The summed E-state index contributed by atoms with van der Waals surface area (Å²) in [5.41, 5.74) is 4.25. The molecule has 2 aliphatic rings. The number of hydrazone groups is 1. The Morgan fingerprint density at radius 3 is 2.73 bits per heavy atom. The monoisotopic (exact) mass is 494 g/mol. The van der Waals surface area contributed by atoms with Crippen LogP contribution in [0.15, 0.2) is 64.5 Å². The van der Waals surface area contributed by atoms with Gasteiger partial charge in [-0.25, -0.2) is 0 Å². The number of benzene rings is 1. The predicted octanol–water partition coefficient (Wildman–Crippen LogP) is 5.46. The molecular formula is C23H16Cl2N6OS. The van der Waals surface area contributed by atoms with Crippen molar-refractivity contribution in [3.05, 3.63) is 86.9 Å². The number of pyridine rings is 1. The zero-order chi connectivity index (χ0) is 23.3. The molecule has 164 valence electrons. The summed E-state index contributed by atoms with van der Waals surface area (Å²) in [6, 6.07) is 10.9. The Balaban J connectivity index is 1.54. The van der Waals surface area contributed by atoms with Crippen molar-refractivity contribution in [3.8, 4) is 5.69 Å². The Morgan fingerprint density at radius 2 is 1.97 bits per heavy atom. The molecule has 0 saturated carbocycles. The minimum atomic E-state index is -0.480. The number of hydrogen-bond donors (Lipinski definition) is 1. The molecule has 0 bridgehead atoms. The number of amides is 1.